The highest BCUT2D eigenvalue weighted by molar-refractivity contribution is 7.89. The van der Waals surface area contributed by atoms with Crippen molar-refractivity contribution in [3.8, 4) is 17.3 Å². The van der Waals surface area contributed by atoms with Gasteiger partial charge in [-0.05, 0) is 30.7 Å². The molecule has 1 N–H and O–H groups in total. The Labute approximate surface area is 224 Å². The van der Waals surface area contributed by atoms with Gasteiger partial charge in [0.1, 0.15) is 11.9 Å². The maximum atomic E-state index is 13.1. The van der Waals surface area contributed by atoms with Crippen LogP contribution < -0.4 is 5.32 Å². The fourth-order valence-electron chi connectivity index (χ4n) is 4.73. The first kappa shape index (κ1) is 26.2. The number of rotatable bonds is 8. The van der Waals surface area contributed by atoms with E-state index in [1.807, 2.05) is 0 Å². The van der Waals surface area contributed by atoms with Gasteiger partial charge in [0, 0.05) is 49.0 Å². The smallest absolute Gasteiger partial charge is 0.236 e. The molecule has 0 aliphatic carbocycles. The molecule has 1 amide bonds. The fraction of sp³-hybridized carbons (Fsp3) is 0.308. The van der Waals surface area contributed by atoms with E-state index >= 15 is 0 Å². The number of aromatic nitrogens is 5. The van der Waals surface area contributed by atoms with Gasteiger partial charge in [-0.3, -0.25) is 18.8 Å². The second-order valence-electron chi connectivity index (χ2n) is 9.50. The molecule has 200 valence electrons. The summed E-state index contributed by atoms with van der Waals surface area (Å²) >= 11 is 0. The van der Waals surface area contributed by atoms with Crippen LogP contribution in [0.3, 0.4) is 0 Å². The van der Waals surface area contributed by atoms with E-state index in [1.165, 1.54) is 22.1 Å². The van der Waals surface area contributed by atoms with Crippen molar-refractivity contribution in [3.63, 3.8) is 0 Å². The molecule has 0 bridgehead atoms. The minimum absolute atomic E-state index is 0.00298. The van der Waals surface area contributed by atoms with Gasteiger partial charge in [0.25, 0.3) is 0 Å². The summed E-state index contributed by atoms with van der Waals surface area (Å²) in [6.07, 6.45) is 6.65. The first-order valence-electron chi connectivity index (χ1n) is 12.3. The lowest BCUT2D eigenvalue weighted by Gasteiger charge is -2.47. The van der Waals surface area contributed by atoms with Gasteiger partial charge in [-0.1, -0.05) is 12.1 Å². The molecule has 0 saturated carbocycles. The zero-order valence-corrected chi connectivity index (χ0v) is 22.2. The third kappa shape index (κ3) is 4.91. The summed E-state index contributed by atoms with van der Waals surface area (Å²) in [5, 5.41) is 17.2. The van der Waals surface area contributed by atoms with Crippen molar-refractivity contribution >= 4 is 38.6 Å². The monoisotopic (exact) mass is 546 g/mol. The van der Waals surface area contributed by atoms with Crippen molar-refractivity contribution in [2.45, 2.75) is 32.2 Å². The van der Waals surface area contributed by atoms with E-state index in [9.17, 15) is 23.3 Å². The second-order valence-corrected chi connectivity index (χ2v) is 11.8. The first-order chi connectivity index (χ1) is 18.7. The van der Waals surface area contributed by atoms with Crippen LogP contribution in [0.15, 0.2) is 55.2 Å². The Morgan fingerprint density at radius 1 is 1.15 bits per heavy atom. The van der Waals surface area contributed by atoms with Gasteiger partial charge < -0.3 is 5.32 Å². The molecule has 5 rings (SSSR count). The lowest BCUT2D eigenvalue weighted by atomic mass is 9.89. The van der Waals surface area contributed by atoms with E-state index in [2.05, 4.69) is 26.5 Å². The third-order valence-corrected chi connectivity index (χ3v) is 8.60. The molecule has 3 aromatic heterocycles. The normalized spacial score (nSPS) is 15.0. The van der Waals surface area contributed by atoms with Gasteiger partial charge in [-0.25, -0.2) is 18.4 Å². The number of anilines is 1. The topological polar surface area (TPSA) is 156 Å². The van der Waals surface area contributed by atoms with Crippen LogP contribution in [0.4, 0.5) is 5.69 Å². The largest absolute Gasteiger partial charge is 0.326 e. The lowest BCUT2D eigenvalue weighted by molar-refractivity contribution is -0.114. The molecule has 0 atom stereocenters. The molecule has 4 aromatic rings. The number of nitriles is 1. The molecule has 4 heterocycles. The Morgan fingerprint density at radius 3 is 2.56 bits per heavy atom. The highest BCUT2D eigenvalue weighted by atomic mass is 32.2. The average molecular weight is 547 g/mol. The maximum absolute atomic E-state index is 13.1. The van der Waals surface area contributed by atoms with Crippen LogP contribution in [0.5, 0.6) is 0 Å². The number of hydrogen-bond acceptors (Lipinski definition) is 8. The maximum Gasteiger partial charge on any atom is 0.236 e. The van der Waals surface area contributed by atoms with Gasteiger partial charge in [0.05, 0.1) is 36.6 Å². The van der Waals surface area contributed by atoms with E-state index in [4.69, 9.17) is 0 Å². The molecule has 1 fully saturated rings. The van der Waals surface area contributed by atoms with Crippen molar-refractivity contribution in [2.75, 3.05) is 24.2 Å². The molecule has 13 heteroatoms. The van der Waals surface area contributed by atoms with E-state index in [0.717, 1.165) is 5.56 Å². The summed E-state index contributed by atoms with van der Waals surface area (Å²) in [5.41, 5.74) is 2.37. The summed E-state index contributed by atoms with van der Waals surface area (Å²) in [4.78, 5) is 33.1. The van der Waals surface area contributed by atoms with Gasteiger partial charge >= 0.3 is 0 Å². The Morgan fingerprint density at radius 2 is 1.90 bits per heavy atom. The third-order valence-electron chi connectivity index (χ3n) is 6.83. The van der Waals surface area contributed by atoms with Gasteiger partial charge in [0.2, 0.25) is 21.8 Å². The van der Waals surface area contributed by atoms with Gasteiger partial charge in [-0.15, -0.1) is 0 Å². The standard InChI is InChI=1S/C26H26N8O4S/c1-3-39(37,38)32-15-26(16-32,9-10-27)34-14-20(13-30-34)24-22-8-11-33(25(22)29-17-28-24)23(36)12-19-4-6-21(7-5-19)31-18(2)35/h4-8,11,13-14,17H,3,9,12,15-16H2,1-2H3,(H,31,35). The minimum Gasteiger partial charge on any atom is -0.326 e. The number of carbonyl (C=O) groups excluding carboxylic acids is 2. The number of hydrogen-bond donors (Lipinski definition) is 1. The Bertz CT molecular complexity index is 1710. The van der Waals surface area contributed by atoms with Gasteiger partial charge in [0.15, 0.2) is 5.65 Å². The quantitative estimate of drug-likeness (QED) is 0.353. The highest BCUT2D eigenvalue weighted by Gasteiger charge is 2.49. The van der Waals surface area contributed by atoms with Crippen molar-refractivity contribution in [2.24, 2.45) is 0 Å². The van der Waals surface area contributed by atoms with Crippen LogP contribution in [-0.4, -0.2) is 67.7 Å². The molecule has 1 aromatic carbocycles. The van der Waals surface area contributed by atoms with Crippen LogP contribution in [0, 0.1) is 11.3 Å². The second kappa shape index (κ2) is 10.0. The van der Waals surface area contributed by atoms with Crippen LogP contribution in [-0.2, 0) is 26.8 Å². The van der Waals surface area contributed by atoms with Crippen LogP contribution in [0.25, 0.3) is 22.3 Å². The van der Waals surface area contributed by atoms with Gasteiger partial charge in [-0.2, -0.15) is 14.7 Å². The van der Waals surface area contributed by atoms with Crippen LogP contribution in [0.1, 0.15) is 30.6 Å². The molecule has 1 aliphatic heterocycles. The van der Waals surface area contributed by atoms with E-state index in [0.29, 0.717) is 28.0 Å². The number of carbonyl (C=O) groups is 2. The predicted molar refractivity (Wildman–Crippen MR) is 143 cm³/mol. The van der Waals surface area contributed by atoms with Crippen molar-refractivity contribution < 1.29 is 18.0 Å². The number of nitrogens with one attached hydrogen (secondary N) is 1. The molecule has 1 saturated heterocycles. The molecule has 0 unspecified atom stereocenters. The molecule has 0 spiro atoms. The highest BCUT2D eigenvalue weighted by Crippen LogP contribution is 2.36. The summed E-state index contributed by atoms with van der Waals surface area (Å²) < 4.78 is 29.0. The first-order valence-corrected chi connectivity index (χ1v) is 13.9. The Balaban J connectivity index is 1.39. The zero-order chi connectivity index (χ0) is 27.8. The molecule has 1 aliphatic rings. The number of nitrogens with zero attached hydrogens (tertiary/aromatic N) is 7. The predicted octanol–water partition coefficient (Wildman–Crippen LogP) is 2.41. The number of benzene rings is 1. The van der Waals surface area contributed by atoms with E-state index in [-0.39, 0.29) is 43.5 Å². The van der Waals surface area contributed by atoms with Crippen molar-refractivity contribution in [3.05, 3.63) is 60.8 Å². The lowest BCUT2D eigenvalue weighted by Crippen LogP contribution is -2.64. The molecular weight excluding hydrogens is 520 g/mol. The number of sulfonamides is 1. The Hall–Kier alpha value is -4.41. The van der Waals surface area contributed by atoms with Crippen LogP contribution >= 0.6 is 0 Å². The van der Waals surface area contributed by atoms with E-state index in [1.54, 1.807) is 60.5 Å². The zero-order valence-electron chi connectivity index (χ0n) is 21.4. The summed E-state index contributed by atoms with van der Waals surface area (Å²) in [6, 6.07) is 11.0. The average Bonchev–Trinajstić information content (AvgIpc) is 3.54. The van der Waals surface area contributed by atoms with Crippen molar-refractivity contribution in [1.82, 2.24) is 28.6 Å². The van der Waals surface area contributed by atoms with Crippen LogP contribution in [0.2, 0.25) is 0 Å². The minimum atomic E-state index is -3.36. The molecule has 0 radical (unpaired) electrons. The molecular formula is C26H26N8O4S. The molecule has 39 heavy (non-hydrogen) atoms. The molecule has 12 nitrogen and oxygen atoms in total. The van der Waals surface area contributed by atoms with E-state index < -0.39 is 15.6 Å². The number of amides is 1. The summed E-state index contributed by atoms with van der Waals surface area (Å²) in [6.45, 7) is 3.37. The SMILES string of the molecule is CCS(=O)(=O)N1CC(CC#N)(n2cc(-c3ncnc4c3ccn4C(=O)Cc3ccc(NC(C)=O)cc3)cn2)C1. The summed E-state index contributed by atoms with van der Waals surface area (Å²) in [5.74, 6) is -0.355. The van der Waals surface area contributed by atoms with Crippen molar-refractivity contribution in [1.29, 1.82) is 5.26 Å². The fourth-order valence-corrected chi connectivity index (χ4v) is 5.97. The number of fused-ring (bicyclic) bond motifs is 1. The summed E-state index contributed by atoms with van der Waals surface area (Å²) in [7, 11) is -3.36. The Kier molecular flexibility index (Phi) is 6.75.